The summed E-state index contributed by atoms with van der Waals surface area (Å²) in [5.74, 6) is -0.315. The van der Waals surface area contributed by atoms with Crippen LogP contribution in [0.4, 0.5) is 0 Å². The van der Waals surface area contributed by atoms with Crippen molar-refractivity contribution in [3.05, 3.63) is 30.0 Å². The minimum absolute atomic E-state index is 0.0393. The summed E-state index contributed by atoms with van der Waals surface area (Å²) in [6, 6.07) is 7.02. The van der Waals surface area contributed by atoms with E-state index in [1.54, 1.807) is 24.3 Å². The summed E-state index contributed by atoms with van der Waals surface area (Å²) in [4.78, 5) is 0. The zero-order valence-electron chi connectivity index (χ0n) is 11.0. The first-order chi connectivity index (χ1) is 9.33. The molecule has 7 nitrogen and oxygen atoms in total. The van der Waals surface area contributed by atoms with E-state index in [4.69, 9.17) is 10.3 Å². The van der Waals surface area contributed by atoms with E-state index in [-0.39, 0.29) is 18.8 Å². The SMILES string of the molecule is CC(O)(CN)CNS(=O)(=O)Cc1noc2ccccc12. The molecule has 0 amide bonds. The quantitative estimate of drug-likeness (QED) is 0.688. The van der Waals surface area contributed by atoms with E-state index < -0.39 is 15.6 Å². The number of aromatic nitrogens is 1. The highest BCUT2D eigenvalue weighted by Gasteiger charge is 2.23. The van der Waals surface area contributed by atoms with Crippen LogP contribution in [0.2, 0.25) is 0 Å². The maximum atomic E-state index is 12.0. The third kappa shape index (κ3) is 3.54. The lowest BCUT2D eigenvalue weighted by atomic mass is 10.1. The summed E-state index contributed by atoms with van der Waals surface area (Å²) in [6.45, 7) is 1.27. The minimum atomic E-state index is -3.63. The topological polar surface area (TPSA) is 118 Å². The second-order valence-electron chi connectivity index (χ2n) is 4.91. The molecule has 110 valence electrons. The largest absolute Gasteiger partial charge is 0.387 e. The Morgan fingerprint density at radius 3 is 2.85 bits per heavy atom. The Morgan fingerprint density at radius 1 is 1.45 bits per heavy atom. The van der Waals surface area contributed by atoms with Crippen molar-refractivity contribution in [1.82, 2.24) is 9.88 Å². The van der Waals surface area contributed by atoms with Gasteiger partial charge in [0.2, 0.25) is 10.0 Å². The molecule has 0 radical (unpaired) electrons. The average molecular weight is 299 g/mol. The van der Waals surface area contributed by atoms with E-state index in [1.807, 2.05) is 0 Å². The average Bonchev–Trinajstić information content (AvgIpc) is 2.80. The van der Waals surface area contributed by atoms with Crippen LogP contribution in [0.1, 0.15) is 12.6 Å². The minimum Gasteiger partial charge on any atom is -0.387 e. The van der Waals surface area contributed by atoms with E-state index >= 15 is 0 Å². The molecular weight excluding hydrogens is 282 g/mol. The molecule has 1 unspecified atom stereocenters. The molecule has 0 aliphatic rings. The number of nitrogens with one attached hydrogen (secondary N) is 1. The summed E-state index contributed by atoms with van der Waals surface area (Å²) in [5.41, 5.74) is 4.92. The normalized spacial score (nSPS) is 15.3. The van der Waals surface area contributed by atoms with Crippen LogP contribution in [0.5, 0.6) is 0 Å². The fourth-order valence-electron chi connectivity index (χ4n) is 1.61. The molecule has 2 rings (SSSR count). The number of benzene rings is 1. The lowest BCUT2D eigenvalue weighted by molar-refractivity contribution is 0.0744. The van der Waals surface area contributed by atoms with Gasteiger partial charge in [-0.15, -0.1) is 0 Å². The third-order valence-electron chi connectivity index (χ3n) is 2.89. The molecule has 20 heavy (non-hydrogen) atoms. The Hall–Kier alpha value is -1.48. The highest BCUT2D eigenvalue weighted by molar-refractivity contribution is 7.88. The predicted molar refractivity (Wildman–Crippen MR) is 74.3 cm³/mol. The lowest BCUT2D eigenvalue weighted by Gasteiger charge is -2.21. The van der Waals surface area contributed by atoms with Gasteiger partial charge >= 0.3 is 0 Å². The molecule has 0 aliphatic carbocycles. The maximum absolute atomic E-state index is 12.0. The summed E-state index contributed by atoms with van der Waals surface area (Å²) in [6.07, 6.45) is 0. The van der Waals surface area contributed by atoms with E-state index in [1.165, 1.54) is 6.92 Å². The van der Waals surface area contributed by atoms with Gasteiger partial charge < -0.3 is 15.4 Å². The number of fused-ring (bicyclic) bond motifs is 1. The smallest absolute Gasteiger partial charge is 0.217 e. The summed E-state index contributed by atoms with van der Waals surface area (Å²) < 4.78 is 31.3. The summed E-state index contributed by atoms with van der Waals surface area (Å²) in [7, 11) is -3.63. The van der Waals surface area contributed by atoms with Crippen LogP contribution in [0.25, 0.3) is 11.0 Å². The Morgan fingerprint density at radius 2 is 2.15 bits per heavy atom. The molecule has 4 N–H and O–H groups in total. The Kier molecular flexibility index (Phi) is 4.09. The van der Waals surface area contributed by atoms with Crippen LogP contribution in [0, 0.1) is 0 Å². The number of sulfonamides is 1. The van der Waals surface area contributed by atoms with Gasteiger partial charge in [0.05, 0.1) is 5.60 Å². The van der Waals surface area contributed by atoms with Crippen LogP contribution >= 0.6 is 0 Å². The number of nitrogens with two attached hydrogens (primary N) is 1. The number of aliphatic hydroxyl groups is 1. The molecule has 0 saturated carbocycles. The number of rotatable bonds is 6. The Bertz CT molecular complexity index is 694. The van der Waals surface area contributed by atoms with Gasteiger partial charge in [-0.1, -0.05) is 17.3 Å². The molecule has 2 aromatic rings. The molecular formula is C12H17N3O4S. The van der Waals surface area contributed by atoms with Gasteiger partial charge in [0.15, 0.2) is 5.58 Å². The molecule has 0 saturated heterocycles. The van der Waals surface area contributed by atoms with Crippen LogP contribution in [-0.4, -0.2) is 37.4 Å². The van der Waals surface area contributed by atoms with Gasteiger partial charge in [-0.05, 0) is 19.1 Å². The monoisotopic (exact) mass is 299 g/mol. The second kappa shape index (κ2) is 5.49. The van der Waals surface area contributed by atoms with E-state index in [9.17, 15) is 13.5 Å². The van der Waals surface area contributed by atoms with Crippen LogP contribution in [0.15, 0.2) is 28.8 Å². The van der Waals surface area contributed by atoms with Crippen LogP contribution < -0.4 is 10.5 Å². The molecule has 1 atom stereocenters. The molecule has 0 spiro atoms. The van der Waals surface area contributed by atoms with Crippen molar-refractivity contribution in [3.63, 3.8) is 0 Å². The second-order valence-corrected chi connectivity index (χ2v) is 6.71. The molecule has 0 aliphatic heterocycles. The van der Waals surface area contributed by atoms with E-state index in [2.05, 4.69) is 9.88 Å². The Balaban J connectivity index is 2.12. The van der Waals surface area contributed by atoms with E-state index in [0.717, 1.165) is 0 Å². The standard InChI is InChI=1S/C12H17N3O4S/c1-12(16,7-13)8-14-20(17,18)6-10-9-4-2-3-5-11(9)19-15-10/h2-5,14,16H,6-8,13H2,1H3. The maximum Gasteiger partial charge on any atom is 0.217 e. The molecule has 8 heteroatoms. The van der Waals surface area contributed by atoms with Crippen molar-refractivity contribution in [3.8, 4) is 0 Å². The van der Waals surface area contributed by atoms with E-state index in [0.29, 0.717) is 16.7 Å². The first kappa shape index (κ1) is 14.9. The van der Waals surface area contributed by atoms with Crippen LogP contribution in [0.3, 0.4) is 0 Å². The van der Waals surface area contributed by atoms with Crippen molar-refractivity contribution in [2.45, 2.75) is 18.3 Å². The molecule has 1 heterocycles. The molecule has 0 bridgehead atoms. The molecule has 0 fully saturated rings. The molecule has 1 aromatic heterocycles. The van der Waals surface area contributed by atoms with Gasteiger partial charge in [-0.3, -0.25) is 0 Å². The van der Waals surface area contributed by atoms with Crippen molar-refractivity contribution in [1.29, 1.82) is 0 Å². The highest BCUT2D eigenvalue weighted by atomic mass is 32.2. The molecule has 1 aromatic carbocycles. The highest BCUT2D eigenvalue weighted by Crippen LogP contribution is 2.19. The Labute approximate surface area is 116 Å². The van der Waals surface area contributed by atoms with Gasteiger partial charge in [0.1, 0.15) is 11.4 Å². The first-order valence-corrected chi connectivity index (χ1v) is 7.71. The van der Waals surface area contributed by atoms with Crippen molar-refractivity contribution >= 4 is 21.0 Å². The van der Waals surface area contributed by atoms with Crippen molar-refractivity contribution in [2.75, 3.05) is 13.1 Å². The lowest BCUT2D eigenvalue weighted by Crippen LogP contribution is -2.46. The number of hydrogen-bond acceptors (Lipinski definition) is 6. The number of para-hydroxylation sites is 1. The fraction of sp³-hybridized carbons (Fsp3) is 0.417. The van der Waals surface area contributed by atoms with Gasteiger partial charge in [-0.25, -0.2) is 13.1 Å². The van der Waals surface area contributed by atoms with Crippen molar-refractivity contribution < 1.29 is 18.0 Å². The predicted octanol–water partition coefficient (Wildman–Crippen LogP) is -0.0431. The van der Waals surface area contributed by atoms with Gasteiger partial charge in [0.25, 0.3) is 0 Å². The summed E-state index contributed by atoms with van der Waals surface area (Å²) >= 11 is 0. The summed E-state index contributed by atoms with van der Waals surface area (Å²) in [5, 5.41) is 14.1. The van der Waals surface area contributed by atoms with Crippen molar-refractivity contribution in [2.24, 2.45) is 5.73 Å². The zero-order chi connectivity index (χ0) is 14.8. The van der Waals surface area contributed by atoms with Gasteiger partial charge in [0, 0.05) is 18.5 Å². The number of hydrogen-bond donors (Lipinski definition) is 3. The first-order valence-electron chi connectivity index (χ1n) is 6.06. The number of nitrogens with zero attached hydrogens (tertiary/aromatic N) is 1. The van der Waals surface area contributed by atoms with Crippen LogP contribution in [-0.2, 0) is 15.8 Å². The zero-order valence-corrected chi connectivity index (χ0v) is 11.9. The third-order valence-corrected chi connectivity index (χ3v) is 4.13. The fourth-order valence-corrected chi connectivity index (χ4v) is 2.81. The van der Waals surface area contributed by atoms with Gasteiger partial charge in [-0.2, -0.15) is 0 Å².